The van der Waals surface area contributed by atoms with Crippen LogP contribution in [0.5, 0.6) is 0 Å². The zero-order valence-electron chi connectivity index (χ0n) is 11.8. The van der Waals surface area contributed by atoms with Crippen molar-refractivity contribution in [3.05, 3.63) is 0 Å². The normalized spacial score (nSPS) is 23.9. The lowest BCUT2D eigenvalue weighted by molar-refractivity contribution is -0.139. The molecule has 100 valence electrons. The molecule has 0 radical (unpaired) electrons. The number of unbranched alkanes of at least 4 members (excludes halogenated alkanes) is 1. The summed E-state index contributed by atoms with van der Waals surface area (Å²) in [5.74, 6) is -0.0762. The second-order valence-corrected chi connectivity index (χ2v) is 6.37. The third-order valence-corrected chi connectivity index (χ3v) is 3.08. The maximum atomic E-state index is 11.7. The molecule has 0 saturated carbocycles. The van der Waals surface area contributed by atoms with Crippen molar-refractivity contribution in [3.8, 4) is 0 Å². The number of ether oxygens (including phenoxy) is 2. The van der Waals surface area contributed by atoms with Crippen LogP contribution in [0.1, 0.15) is 60.3 Å². The van der Waals surface area contributed by atoms with E-state index in [0.29, 0.717) is 18.8 Å². The number of Topliss-reactive ketones (excluding diaryl/α,β-unsaturated/α-hetero) is 1. The fraction of sp³-hybridized carbons (Fsp3) is 0.929. The molecular formula is C14H26O3. The van der Waals surface area contributed by atoms with Gasteiger partial charge in [-0.1, -0.05) is 27.2 Å². The van der Waals surface area contributed by atoms with Crippen molar-refractivity contribution in [1.29, 1.82) is 0 Å². The summed E-state index contributed by atoms with van der Waals surface area (Å²) in [6.07, 6.45) is 3.86. The van der Waals surface area contributed by atoms with Gasteiger partial charge in [-0.05, 0) is 26.7 Å². The van der Waals surface area contributed by atoms with E-state index in [1.54, 1.807) is 0 Å². The summed E-state index contributed by atoms with van der Waals surface area (Å²) in [4.78, 5) is 11.7. The molecule has 0 aliphatic carbocycles. The average Bonchev–Trinajstić information content (AvgIpc) is 2.51. The fourth-order valence-electron chi connectivity index (χ4n) is 1.94. The first-order chi connectivity index (χ1) is 7.71. The Morgan fingerprint density at radius 1 is 1.29 bits per heavy atom. The molecule has 3 nitrogen and oxygen atoms in total. The predicted molar refractivity (Wildman–Crippen MR) is 67.8 cm³/mol. The van der Waals surface area contributed by atoms with Gasteiger partial charge in [0.15, 0.2) is 5.79 Å². The monoisotopic (exact) mass is 242 g/mol. The van der Waals surface area contributed by atoms with Crippen LogP contribution in [-0.2, 0) is 14.3 Å². The second kappa shape index (κ2) is 5.49. The SMILES string of the molecule is CC1(C)OCC(CCCCC(=O)C(C)(C)C)O1. The van der Waals surface area contributed by atoms with Crippen LogP contribution in [0.2, 0.25) is 0 Å². The van der Waals surface area contributed by atoms with Crippen LogP contribution in [0.3, 0.4) is 0 Å². The van der Waals surface area contributed by atoms with Gasteiger partial charge in [-0.15, -0.1) is 0 Å². The maximum Gasteiger partial charge on any atom is 0.163 e. The lowest BCUT2D eigenvalue weighted by atomic mass is 9.88. The first-order valence-electron chi connectivity index (χ1n) is 6.56. The van der Waals surface area contributed by atoms with Crippen molar-refractivity contribution in [2.75, 3.05) is 6.61 Å². The number of carbonyl (C=O) groups excluding carboxylic acids is 1. The zero-order valence-corrected chi connectivity index (χ0v) is 11.8. The predicted octanol–water partition coefficient (Wildman–Crippen LogP) is 3.31. The molecule has 0 spiro atoms. The topological polar surface area (TPSA) is 35.5 Å². The Labute approximate surface area is 105 Å². The molecule has 1 rings (SSSR count). The lowest BCUT2D eigenvalue weighted by Gasteiger charge is -2.18. The highest BCUT2D eigenvalue weighted by atomic mass is 16.7. The third-order valence-electron chi connectivity index (χ3n) is 3.08. The van der Waals surface area contributed by atoms with E-state index in [1.807, 2.05) is 34.6 Å². The van der Waals surface area contributed by atoms with Gasteiger partial charge in [-0.2, -0.15) is 0 Å². The van der Waals surface area contributed by atoms with Crippen LogP contribution >= 0.6 is 0 Å². The van der Waals surface area contributed by atoms with Crippen LogP contribution in [0, 0.1) is 5.41 Å². The van der Waals surface area contributed by atoms with Crippen molar-refractivity contribution in [2.24, 2.45) is 5.41 Å². The molecule has 0 amide bonds. The summed E-state index contributed by atoms with van der Waals surface area (Å²) in [5, 5.41) is 0. The summed E-state index contributed by atoms with van der Waals surface area (Å²) < 4.78 is 11.2. The molecule has 1 aliphatic heterocycles. The Balaban J connectivity index is 2.12. The first-order valence-corrected chi connectivity index (χ1v) is 6.56. The zero-order chi connectivity index (χ0) is 13.1. The molecule has 3 heteroatoms. The molecule has 1 fully saturated rings. The minimum Gasteiger partial charge on any atom is -0.348 e. The van der Waals surface area contributed by atoms with E-state index in [9.17, 15) is 4.79 Å². The third kappa shape index (κ3) is 5.17. The number of rotatable bonds is 5. The van der Waals surface area contributed by atoms with Crippen molar-refractivity contribution in [3.63, 3.8) is 0 Å². The van der Waals surface area contributed by atoms with Gasteiger partial charge in [0.2, 0.25) is 0 Å². The summed E-state index contributed by atoms with van der Waals surface area (Å²) in [6.45, 7) is 10.5. The number of hydrogen-bond donors (Lipinski definition) is 0. The molecular weight excluding hydrogens is 216 g/mol. The highest BCUT2D eigenvalue weighted by molar-refractivity contribution is 5.83. The van der Waals surface area contributed by atoms with Crippen molar-refractivity contribution in [1.82, 2.24) is 0 Å². The smallest absolute Gasteiger partial charge is 0.163 e. The van der Waals surface area contributed by atoms with Crippen molar-refractivity contribution in [2.45, 2.75) is 72.2 Å². The Kier molecular flexibility index (Phi) is 4.73. The summed E-state index contributed by atoms with van der Waals surface area (Å²) in [7, 11) is 0. The summed E-state index contributed by atoms with van der Waals surface area (Å²) >= 11 is 0. The Morgan fingerprint density at radius 2 is 1.94 bits per heavy atom. The fourth-order valence-corrected chi connectivity index (χ4v) is 1.94. The molecule has 1 saturated heterocycles. The Morgan fingerprint density at radius 3 is 2.41 bits per heavy atom. The average molecular weight is 242 g/mol. The largest absolute Gasteiger partial charge is 0.348 e. The molecule has 1 heterocycles. The number of ketones is 1. The highest BCUT2D eigenvalue weighted by Crippen LogP contribution is 2.26. The van der Waals surface area contributed by atoms with Gasteiger partial charge in [0.25, 0.3) is 0 Å². The van der Waals surface area contributed by atoms with Crippen LogP contribution in [0.25, 0.3) is 0 Å². The molecule has 1 unspecified atom stereocenters. The molecule has 0 N–H and O–H groups in total. The van der Waals surface area contributed by atoms with Gasteiger partial charge >= 0.3 is 0 Å². The minimum absolute atomic E-state index is 0.199. The number of hydrogen-bond acceptors (Lipinski definition) is 3. The molecule has 0 bridgehead atoms. The van der Waals surface area contributed by atoms with E-state index in [2.05, 4.69) is 0 Å². The lowest BCUT2D eigenvalue weighted by Crippen LogP contribution is -2.21. The summed E-state index contributed by atoms with van der Waals surface area (Å²) in [5.41, 5.74) is -0.199. The van der Waals surface area contributed by atoms with Gasteiger partial charge in [0.05, 0.1) is 12.7 Å². The number of carbonyl (C=O) groups is 1. The van der Waals surface area contributed by atoms with Gasteiger partial charge in [0.1, 0.15) is 5.78 Å². The molecule has 17 heavy (non-hydrogen) atoms. The van der Waals surface area contributed by atoms with Crippen LogP contribution in [0.15, 0.2) is 0 Å². The van der Waals surface area contributed by atoms with E-state index < -0.39 is 5.79 Å². The second-order valence-electron chi connectivity index (χ2n) is 6.37. The molecule has 0 aromatic heterocycles. The first kappa shape index (κ1) is 14.7. The quantitative estimate of drug-likeness (QED) is 0.694. The molecule has 1 aliphatic rings. The van der Waals surface area contributed by atoms with Gasteiger partial charge < -0.3 is 9.47 Å². The van der Waals surface area contributed by atoms with E-state index in [1.165, 1.54) is 0 Å². The Bertz CT molecular complexity index is 263. The van der Waals surface area contributed by atoms with Crippen LogP contribution < -0.4 is 0 Å². The summed E-state index contributed by atoms with van der Waals surface area (Å²) in [6, 6.07) is 0. The molecule has 0 aromatic rings. The molecule has 0 aromatic carbocycles. The Hall–Kier alpha value is -0.410. The van der Waals surface area contributed by atoms with E-state index in [-0.39, 0.29) is 11.5 Å². The van der Waals surface area contributed by atoms with Gasteiger partial charge in [0, 0.05) is 11.8 Å². The van der Waals surface area contributed by atoms with Crippen molar-refractivity contribution >= 4 is 5.78 Å². The van der Waals surface area contributed by atoms with Crippen LogP contribution in [-0.4, -0.2) is 24.3 Å². The molecule has 1 atom stereocenters. The standard InChI is InChI=1S/C14H26O3/c1-13(2,3)12(15)9-7-6-8-11-10-16-14(4,5)17-11/h11H,6-10H2,1-5H3. The van der Waals surface area contributed by atoms with Gasteiger partial charge in [-0.3, -0.25) is 4.79 Å². The van der Waals surface area contributed by atoms with E-state index >= 15 is 0 Å². The van der Waals surface area contributed by atoms with Gasteiger partial charge in [-0.25, -0.2) is 0 Å². The van der Waals surface area contributed by atoms with Crippen LogP contribution in [0.4, 0.5) is 0 Å². The van der Waals surface area contributed by atoms with E-state index in [4.69, 9.17) is 9.47 Å². The maximum absolute atomic E-state index is 11.7. The van der Waals surface area contributed by atoms with E-state index in [0.717, 1.165) is 19.3 Å². The van der Waals surface area contributed by atoms with Crippen molar-refractivity contribution < 1.29 is 14.3 Å². The minimum atomic E-state index is -0.425. The highest BCUT2D eigenvalue weighted by Gasteiger charge is 2.32.